The number of unbranched alkanes of at least 4 members (excludes halogenated alkanes) is 1. The number of hydrogen-bond donors (Lipinski definition) is 2. The third-order valence-corrected chi connectivity index (χ3v) is 5.01. The molecule has 0 unspecified atom stereocenters. The highest BCUT2D eigenvalue weighted by Gasteiger charge is 2.16. The lowest BCUT2D eigenvalue weighted by Crippen LogP contribution is -2.37. The highest BCUT2D eigenvalue weighted by Crippen LogP contribution is 2.18. The molecule has 1 saturated heterocycles. The van der Waals surface area contributed by atoms with Crippen LogP contribution in [0.25, 0.3) is 5.78 Å². The number of nitrogens with one attached hydrogen (secondary N) is 2. The molecule has 10 nitrogen and oxygen atoms in total. The van der Waals surface area contributed by atoms with Gasteiger partial charge < -0.3 is 19.9 Å². The summed E-state index contributed by atoms with van der Waals surface area (Å²) in [7, 11) is 0. The van der Waals surface area contributed by atoms with Crippen molar-refractivity contribution in [2.45, 2.75) is 32.7 Å². The highest BCUT2D eigenvalue weighted by atomic mass is 35.5. The van der Waals surface area contributed by atoms with Crippen molar-refractivity contribution in [3.05, 3.63) is 39.0 Å². The monoisotopic (exact) mass is 418 g/mol. The van der Waals surface area contributed by atoms with E-state index in [-0.39, 0.29) is 5.56 Å². The first-order valence-corrected chi connectivity index (χ1v) is 10.1. The Kier molecular flexibility index (Phi) is 5.91. The fraction of sp³-hybridized carbons (Fsp3) is 0.500. The van der Waals surface area contributed by atoms with Gasteiger partial charge in [0.2, 0.25) is 17.7 Å². The number of anilines is 2. The van der Waals surface area contributed by atoms with Crippen LogP contribution in [-0.2, 0) is 17.7 Å². The molecule has 3 aromatic rings. The summed E-state index contributed by atoms with van der Waals surface area (Å²) in [6.45, 7) is 5.21. The Labute approximate surface area is 172 Å². The number of rotatable bonds is 7. The van der Waals surface area contributed by atoms with E-state index in [4.69, 9.17) is 16.3 Å². The number of halogens is 1. The smallest absolute Gasteiger partial charge is 0.275 e. The van der Waals surface area contributed by atoms with Gasteiger partial charge in [0.25, 0.3) is 5.56 Å². The van der Waals surface area contributed by atoms with Crippen molar-refractivity contribution in [3.8, 4) is 0 Å². The summed E-state index contributed by atoms with van der Waals surface area (Å²) in [5.41, 5.74) is 1.29. The van der Waals surface area contributed by atoms with Crippen molar-refractivity contribution in [2.24, 2.45) is 0 Å². The number of nitrogens with zero attached hydrogens (tertiary/aromatic N) is 6. The Morgan fingerprint density at radius 2 is 2.14 bits per heavy atom. The predicted octanol–water partition coefficient (Wildman–Crippen LogP) is 1.65. The van der Waals surface area contributed by atoms with Crippen LogP contribution in [0.1, 0.15) is 31.2 Å². The minimum absolute atomic E-state index is 0.208. The molecule has 0 atom stereocenters. The first kappa shape index (κ1) is 19.6. The van der Waals surface area contributed by atoms with Gasteiger partial charge in [0.05, 0.1) is 36.7 Å². The van der Waals surface area contributed by atoms with Crippen LogP contribution < -0.4 is 15.8 Å². The van der Waals surface area contributed by atoms with Gasteiger partial charge in [0.15, 0.2) is 0 Å². The topological polar surface area (TPSA) is 113 Å². The van der Waals surface area contributed by atoms with Gasteiger partial charge in [-0.3, -0.25) is 4.79 Å². The lowest BCUT2D eigenvalue weighted by Gasteiger charge is -2.27. The molecule has 0 spiro atoms. The minimum Gasteiger partial charge on any atom is -0.378 e. The largest absolute Gasteiger partial charge is 0.378 e. The Morgan fingerprint density at radius 1 is 1.31 bits per heavy atom. The van der Waals surface area contributed by atoms with Crippen molar-refractivity contribution < 1.29 is 4.74 Å². The van der Waals surface area contributed by atoms with Crippen LogP contribution in [0, 0.1) is 0 Å². The van der Waals surface area contributed by atoms with Crippen LogP contribution in [0.4, 0.5) is 11.9 Å². The number of morpholine rings is 1. The van der Waals surface area contributed by atoms with E-state index in [1.807, 2.05) is 0 Å². The second-order valence-electron chi connectivity index (χ2n) is 6.82. The van der Waals surface area contributed by atoms with E-state index >= 15 is 0 Å². The summed E-state index contributed by atoms with van der Waals surface area (Å²) >= 11 is 6.26. The standard InChI is InChI=1S/C18H23ClN8O2/c1-2-3-4-12-9-15(28)27-18(22-12)24-16(25-27)20-11-14-13(19)10-21-17(23-14)26-5-7-29-8-6-26/h9-10H,2-8,11H2,1H3,(H2,20,22,24,25). The van der Waals surface area contributed by atoms with E-state index in [2.05, 4.69) is 42.2 Å². The number of aromatic nitrogens is 6. The normalized spacial score (nSPS) is 14.5. The molecule has 1 aliphatic rings. The molecule has 0 saturated carbocycles. The SMILES string of the molecule is CCCCc1cc(=O)n2nc(NCc3nc(N4CCOCC4)ncc3Cl)nc2[nH]1. The lowest BCUT2D eigenvalue weighted by atomic mass is 10.2. The van der Waals surface area contributed by atoms with Crippen LogP contribution in [0.15, 0.2) is 17.1 Å². The number of aryl methyl sites for hydroxylation is 1. The molecule has 0 amide bonds. The molecule has 11 heteroatoms. The first-order chi connectivity index (χ1) is 14.1. The highest BCUT2D eigenvalue weighted by molar-refractivity contribution is 6.31. The fourth-order valence-corrected chi connectivity index (χ4v) is 3.27. The first-order valence-electron chi connectivity index (χ1n) is 9.71. The van der Waals surface area contributed by atoms with E-state index in [0.717, 1.165) is 38.0 Å². The second-order valence-corrected chi connectivity index (χ2v) is 7.23. The third-order valence-electron chi connectivity index (χ3n) is 4.70. The molecule has 2 N–H and O–H groups in total. The van der Waals surface area contributed by atoms with Gasteiger partial charge in [-0.15, -0.1) is 5.10 Å². The zero-order valence-electron chi connectivity index (χ0n) is 16.2. The summed E-state index contributed by atoms with van der Waals surface area (Å²) in [4.78, 5) is 30.8. The maximum absolute atomic E-state index is 12.3. The summed E-state index contributed by atoms with van der Waals surface area (Å²) in [5.74, 6) is 1.36. The minimum atomic E-state index is -0.208. The van der Waals surface area contributed by atoms with Gasteiger partial charge in [0.1, 0.15) is 0 Å². The van der Waals surface area contributed by atoms with Crippen LogP contribution in [0.3, 0.4) is 0 Å². The number of H-pyrrole nitrogens is 1. The maximum Gasteiger partial charge on any atom is 0.275 e. The average Bonchev–Trinajstić information content (AvgIpc) is 3.16. The maximum atomic E-state index is 12.3. The molecule has 29 heavy (non-hydrogen) atoms. The Bertz CT molecular complexity index is 1040. The summed E-state index contributed by atoms with van der Waals surface area (Å²) in [6.07, 6.45) is 4.46. The third kappa shape index (κ3) is 4.48. The molecule has 4 heterocycles. The number of fused-ring (bicyclic) bond motifs is 1. The van der Waals surface area contributed by atoms with Crippen LogP contribution in [0.2, 0.25) is 5.02 Å². The molecule has 0 aromatic carbocycles. The van der Waals surface area contributed by atoms with Gasteiger partial charge in [-0.05, 0) is 12.8 Å². The zero-order chi connectivity index (χ0) is 20.2. The molecule has 3 aromatic heterocycles. The van der Waals surface area contributed by atoms with Crippen molar-refractivity contribution >= 4 is 29.3 Å². The molecule has 4 rings (SSSR count). The van der Waals surface area contributed by atoms with Crippen molar-refractivity contribution in [2.75, 3.05) is 36.5 Å². The number of hydrogen-bond acceptors (Lipinski definition) is 8. The summed E-state index contributed by atoms with van der Waals surface area (Å²) in [6, 6.07) is 1.57. The van der Waals surface area contributed by atoms with Gasteiger partial charge in [0, 0.05) is 24.8 Å². The van der Waals surface area contributed by atoms with E-state index in [1.165, 1.54) is 4.52 Å². The molecule has 1 aliphatic heterocycles. The average molecular weight is 419 g/mol. The van der Waals surface area contributed by atoms with E-state index in [0.29, 0.717) is 48.1 Å². The van der Waals surface area contributed by atoms with E-state index in [9.17, 15) is 4.79 Å². The molecule has 0 radical (unpaired) electrons. The second kappa shape index (κ2) is 8.75. The van der Waals surface area contributed by atoms with Gasteiger partial charge in [-0.2, -0.15) is 9.50 Å². The molecular weight excluding hydrogens is 396 g/mol. The Balaban J connectivity index is 1.50. The number of ether oxygens (including phenoxy) is 1. The fourth-order valence-electron chi connectivity index (χ4n) is 3.11. The van der Waals surface area contributed by atoms with Crippen LogP contribution >= 0.6 is 11.6 Å². The quantitative estimate of drug-likeness (QED) is 0.595. The van der Waals surface area contributed by atoms with E-state index < -0.39 is 0 Å². The summed E-state index contributed by atoms with van der Waals surface area (Å²) in [5, 5.41) is 7.77. The zero-order valence-corrected chi connectivity index (χ0v) is 16.9. The van der Waals surface area contributed by atoms with Crippen LogP contribution in [-0.4, -0.2) is 55.9 Å². The predicted molar refractivity (Wildman–Crippen MR) is 110 cm³/mol. The van der Waals surface area contributed by atoms with E-state index in [1.54, 1.807) is 12.3 Å². The lowest BCUT2D eigenvalue weighted by molar-refractivity contribution is 0.122. The van der Waals surface area contributed by atoms with Crippen LogP contribution in [0.5, 0.6) is 0 Å². The summed E-state index contributed by atoms with van der Waals surface area (Å²) < 4.78 is 6.61. The van der Waals surface area contributed by atoms with Gasteiger partial charge in [-0.1, -0.05) is 24.9 Å². The molecule has 154 valence electrons. The molecule has 0 bridgehead atoms. The van der Waals surface area contributed by atoms with Gasteiger partial charge >= 0.3 is 0 Å². The van der Waals surface area contributed by atoms with Crippen molar-refractivity contribution in [1.82, 2.24) is 29.5 Å². The number of aromatic amines is 1. The van der Waals surface area contributed by atoms with Gasteiger partial charge in [-0.25, -0.2) is 9.97 Å². The Morgan fingerprint density at radius 3 is 2.93 bits per heavy atom. The Hall–Kier alpha value is -2.72. The van der Waals surface area contributed by atoms with Crippen molar-refractivity contribution in [1.29, 1.82) is 0 Å². The molecular formula is C18H23ClN8O2. The van der Waals surface area contributed by atoms with Crippen molar-refractivity contribution in [3.63, 3.8) is 0 Å². The molecule has 0 aliphatic carbocycles. The molecule has 1 fully saturated rings.